The summed E-state index contributed by atoms with van der Waals surface area (Å²) in [4.78, 5) is 24.6. The summed E-state index contributed by atoms with van der Waals surface area (Å²) in [5.74, 6) is 0.846. The van der Waals surface area contributed by atoms with Crippen LogP contribution in [-0.4, -0.2) is 37.4 Å². The minimum absolute atomic E-state index is 0.180. The SMILES string of the molecule is COc1ccc(SCC(=O)OCC(=O)N[C@@H]2CCCC[C@@H]2C)cc1. The Morgan fingerprint density at radius 2 is 1.92 bits per heavy atom. The van der Waals surface area contributed by atoms with Gasteiger partial charge in [-0.2, -0.15) is 0 Å². The van der Waals surface area contributed by atoms with Crippen molar-refractivity contribution >= 4 is 23.6 Å². The summed E-state index contributed by atoms with van der Waals surface area (Å²) < 4.78 is 10.1. The van der Waals surface area contributed by atoms with Gasteiger partial charge in [-0.25, -0.2) is 0 Å². The summed E-state index contributed by atoms with van der Waals surface area (Å²) in [6, 6.07) is 7.65. The van der Waals surface area contributed by atoms with Gasteiger partial charge in [-0.05, 0) is 43.0 Å². The van der Waals surface area contributed by atoms with Crippen molar-refractivity contribution in [2.45, 2.75) is 43.5 Å². The van der Waals surface area contributed by atoms with Crippen molar-refractivity contribution in [3.63, 3.8) is 0 Å². The Balaban J connectivity index is 1.65. The lowest BCUT2D eigenvalue weighted by Crippen LogP contribution is -2.43. The van der Waals surface area contributed by atoms with Crippen LogP contribution in [0, 0.1) is 5.92 Å². The number of ether oxygens (including phenoxy) is 2. The maximum Gasteiger partial charge on any atom is 0.316 e. The largest absolute Gasteiger partial charge is 0.497 e. The summed E-state index contributed by atoms with van der Waals surface area (Å²) in [6.45, 7) is 1.95. The highest BCUT2D eigenvalue weighted by molar-refractivity contribution is 8.00. The third kappa shape index (κ3) is 6.07. The molecule has 0 unspecified atom stereocenters. The third-order valence-electron chi connectivity index (χ3n) is 4.24. The zero-order chi connectivity index (χ0) is 17.4. The average molecular weight is 351 g/mol. The molecule has 1 N–H and O–H groups in total. The van der Waals surface area contributed by atoms with Gasteiger partial charge in [0.25, 0.3) is 5.91 Å². The zero-order valence-corrected chi connectivity index (χ0v) is 15.1. The first-order chi connectivity index (χ1) is 11.6. The molecule has 0 aliphatic heterocycles. The predicted molar refractivity (Wildman–Crippen MR) is 94.2 cm³/mol. The molecule has 0 bridgehead atoms. The molecule has 1 aliphatic rings. The van der Waals surface area contributed by atoms with E-state index in [0.29, 0.717) is 5.92 Å². The second kappa shape index (κ2) is 9.57. The highest BCUT2D eigenvalue weighted by Gasteiger charge is 2.23. The van der Waals surface area contributed by atoms with Gasteiger partial charge >= 0.3 is 5.97 Å². The molecule has 5 nitrogen and oxygen atoms in total. The van der Waals surface area contributed by atoms with Crippen molar-refractivity contribution in [1.82, 2.24) is 5.32 Å². The summed E-state index contributed by atoms with van der Waals surface area (Å²) in [7, 11) is 1.61. The highest BCUT2D eigenvalue weighted by atomic mass is 32.2. The molecule has 1 aromatic rings. The normalized spacial score (nSPS) is 20.2. The Labute approximate surface area is 147 Å². The number of hydrogen-bond acceptors (Lipinski definition) is 5. The number of thioether (sulfide) groups is 1. The maximum atomic E-state index is 11.9. The molecule has 1 aromatic carbocycles. The molecule has 132 valence electrons. The van der Waals surface area contributed by atoms with Crippen LogP contribution in [0.3, 0.4) is 0 Å². The summed E-state index contributed by atoms with van der Waals surface area (Å²) in [5.41, 5.74) is 0. The molecule has 24 heavy (non-hydrogen) atoms. The van der Waals surface area contributed by atoms with E-state index in [2.05, 4.69) is 12.2 Å². The topological polar surface area (TPSA) is 64.6 Å². The number of carbonyl (C=O) groups excluding carboxylic acids is 2. The van der Waals surface area contributed by atoms with Gasteiger partial charge in [-0.3, -0.25) is 9.59 Å². The molecule has 0 saturated heterocycles. The van der Waals surface area contributed by atoms with Gasteiger partial charge in [0.1, 0.15) is 5.75 Å². The predicted octanol–water partition coefficient (Wildman–Crippen LogP) is 3.03. The number of esters is 1. The standard InChI is InChI=1S/C18H25NO4S/c1-13-5-3-4-6-16(13)19-17(20)11-23-18(21)12-24-15-9-7-14(22-2)8-10-15/h7-10,13,16H,3-6,11-12H2,1-2H3,(H,19,20)/t13-,16+/m0/s1. The van der Waals surface area contributed by atoms with Crippen molar-refractivity contribution in [2.75, 3.05) is 19.5 Å². The monoisotopic (exact) mass is 351 g/mol. The van der Waals surface area contributed by atoms with Crippen LogP contribution in [0.4, 0.5) is 0 Å². The number of carbonyl (C=O) groups is 2. The van der Waals surface area contributed by atoms with E-state index in [1.165, 1.54) is 18.2 Å². The first-order valence-electron chi connectivity index (χ1n) is 8.30. The van der Waals surface area contributed by atoms with Gasteiger partial charge in [0, 0.05) is 10.9 Å². The maximum absolute atomic E-state index is 11.9. The molecule has 0 radical (unpaired) electrons. The molecule has 0 spiro atoms. The van der Waals surface area contributed by atoms with Crippen molar-refractivity contribution in [2.24, 2.45) is 5.92 Å². The van der Waals surface area contributed by atoms with Crippen LogP contribution in [0.5, 0.6) is 5.75 Å². The fourth-order valence-corrected chi connectivity index (χ4v) is 3.48. The van der Waals surface area contributed by atoms with Crippen LogP contribution in [0.15, 0.2) is 29.2 Å². The quantitative estimate of drug-likeness (QED) is 0.604. The van der Waals surface area contributed by atoms with Crippen LogP contribution < -0.4 is 10.1 Å². The molecule has 1 amide bonds. The Kier molecular flexibility index (Phi) is 7.43. The summed E-state index contributed by atoms with van der Waals surface area (Å²) >= 11 is 1.37. The van der Waals surface area contributed by atoms with E-state index in [4.69, 9.17) is 9.47 Å². The molecule has 1 fully saturated rings. The van der Waals surface area contributed by atoms with E-state index < -0.39 is 0 Å². The van der Waals surface area contributed by atoms with Gasteiger partial charge in [0.05, 0.1) is 12.9 Å². The molecule has 2 atom stereocenters. The average Bonchev–Trinajstić information content (AvgIpc) is 2.60. The van der Waals surface area contributed by atoms with E-state index in [9.17, 15) is 9.59 Å². The first kappa shape index (κ1) is 18.6. The van der Waals surface area contributed by atoms with Crippen LogP contribution >= 0.6 is 11.8 Å². The number of nitrogens with one attached hydrogen (secondary N) is 1. The van der Waals surface area contributed by atoms with E-state index in [1.54, 1.807) is 7.11 Å². The van der Waals surface area contributed by atoms with Crippen molar-refractivity contribution in [3.8, 4) is 5.75 Å². The van der Waals surface area contributed by atoms with E-state index in [1.807, 2.05) is 24.3 Å². The van der Waals surface area contributed by atoms with E-state index in [-0.39, 0.29) is 30.3 Å². The molecule has 0 heterocycles. The number of hydrogen-bond donors (Lipinski definition) is 1. The minimum Gasteiger partial charge on any atom is -0.497 e. The molecule has 0 aromatic heterocycles. The van der Waals surface area contributed by atoms with Crippen molar-refractivity contribution < 1.29 is 19.1 Å². The second-order valence-corrected chi connectivity index (χ2v) is 7.11. The highest BCUT2D eigenvalue weighted by Crippen LogP contribution is 2.23. The van der Waals surface area contributed by atoms with Crippen LogP contribution in [0.2, 0.25) is 0 Å². The lowest BCUT2D eigenvalue weighted by Gasteiger charge is -2.29. The Morgan fingerprint density at radius 3 is 2.58 bits per heavy atom. The van der Waals surface area contributed by atoms with E-state index >= 15 is 0 Å². The smallest absolute Gasteiger partial charge is 0.316 e. The molecule has 6 heteroatoms. The van der Waals surface area contributed by atoms with Gasteiger partial charge in [0.15, 0.2) is 6.61 Å². The summed E-state index contributed by atoms with van der Waals surface area (Å²) in [5, 5.41) is 2.97. The van der Waals surface area contributed by atoms with Crippen molar-refractivity contribution in [3.05, 3.63) is 24.3 Å². The fraction of sp³-hybridized carbons (Fsp3) is 0.556. The number of methoxy groups -OCH3 is 1. The Hall–Kier alpha value is -1.69. The van der Waals surface area contributed by atoms with Crippen molar-refractivity contribution in [1.29, 1.82) is 0 Å². The number of amides is 1. The molecule has 1 aliphatic carbocycles. The fourth-order valence-electron chi connectivity index (χ4n) is 2.78. The molecular formula is C18H25NO4S. The lowest BCUT2D eigenvalue weighted by atomic mass is 9.86. The van der Waals surface area contributed by atoms with Crippen LogP contribution in [0.25, 0.3) is 0 Å². The molecular weight excluding hydrogens is 326 g/mol. The van der Waals surface area contributed by atoms with Gasteiger partial charge in [-0.15, -0.1) is 11.8 Å². The summed E-state index contributed by atoms with van der Waals surface area (Å²) in [6.07, 6.45) is 4.52. The van der Waals surface area contributed by atoms with E-state index in [0.717, 1.165) is 29.9 Å². The Bertz CT molecular complexity index is 546. The Morgan fingerprint density at radius 1 is 1.21 bits per heavy atom. The van der Waals surface area contributed by atoms with Gasteiger partial charge in [0.2, 0.25) is 0 Å². The number of benzene rings is 1. The van der Waals surface area contributed by atoms with Gasteiger partial charge < -0.3 is 14.8 Å². The second-order valence-electron chi connectivity index (χ2n) is 6.06. The van der Waals surface area contributed by atoms with Crippen LogP contribution in [-0.2, 0) is 14.3 Å². The third-order valence-corrected chi connectivity index (χ3v) is 5.22. The molecule has 1 saturated carbocycles. The first-order valence-corrected chi connectivity index (χ1v) is 9.29. The molecule has 2 rings (SSSR count). The zero-order valence-electron chi connectivity index (χ0n) is 14.2. The van der Waals surface area contributed by atoms with Gasteiger partial charge in [-0.1, -0.05) is 19.8 Å². The van der Waals surface area contributed by atoms with Crippen LogP contribution in [0.1, 0.15) is 32.6 Å². The minimum atomic E-state index is -0.386. The number of rotatable bonds is 7. The lowest BCUT2D eigenvalue weighted by molar-refractivity contribution is -0.146.